The van der Waals surface area contributed by atoms with Gasteiger partial charge < -0.3 is 10.3 Å². The van der Waals surface area contributed by atoms with Gasteiger partial charge in [-0.1, -0.05) is 0 Å². The number of anilines is 2. The summed E-state index contributed by atoms with van der Waals surface area (Å²) in [4.78, 5) is 11.9. The van der Waals surface area contributed by atoms with E-state index in [4.69, 9.17) is 0 Å². The maximum absolute atomic E-state index is 4.44. The van der Waals surface area contributed by atoms with Crippen LogP contribution in [0, 0.1) is 0 Å². The third-order valence-electron chi connectivity index (χ3n) is 3.47. The van der Waals surface area contributed by atoms with Crippen molar-refractivity contribution in [2.75, 3.05) is 5.32 Å². The van der Waals surface area contributed by atoms with Gasteiger partial charge in [0.15, 0.2) is 0 Å². The van der Waals surface area contributed by atoms with Crippen LogP contribution >= 0.6 is 0 Å². The Morgan fingerprint density at radius 2 is 2.00 bits per heavy atom. The Labute approximate surface area is 126 Å². The zero-order valence-electron chi connectivity index (χ0n) is 12.0. The van der Waals surface area contributed by atoms with E-state index in [0.29, 0.717) is 0 Å². The van der Waals surface area contributed by atoms with E-state index >= 15 is 0 Å². The minimum Gasteiger partial charge on any atom is -0.354 e. The molecule has 0 atom stereocenters. The highest BCUT2D eigenvalue weighted by Gasteiger charge is 2.05. The first kappa shape index (κ1) is 12.6. The average molecular weight is 290 g/mol. The third kappa shape index (κ3) is 2.31. The maximum atomic E-state index is 4.44. The minimum absolute atomic E-state index is 0.781. The summed E-state index contributed by atoms with van der Waals surface area (Å²) in [6, 6.07) is 8.04. The molecule has 0 amide bonds. The van der Waals surface area contributed by atoms with E-state index in [1.165, 1.54) is 0 Å². The highest BCUT2D eigenvalue weighted by molar-refractivity contribution is 5.87. The van der Waals surface area contributed by atoms with Gasteiger partial charge in [0.25, 0.3) is 0 Å². The Morgan fingerprint density at radius 3 is 2.77 bits per heavy atom. The van der Waals surface area contributed by atoms with Crippen molar-refractivity contribution in [1.82, 2.24) is 24.7 Å². The minimum atomic E-state index is 0.781. The summed E-state index contributed by atoms with van der Waals surface area (Å²) in [6.45, 7) is 0. The fourth-order valence-electron chi connectivity index (χ4n) is 2.41. The molecule has 0 saturated carbocycles. The lowest BCUT2D eigenvalue weighted by molar-refractivity contribution is 0.768. The van der Waals surface area contributed by atoms with Crippen LogP contribution in [-0.2, 0) is 7.05 Å². The Bertz CT molecular complexity index is 922. The van der Waals surface area contributed by atoms with Crippen molar-refractivity contribution >= 4 is 22.4 Å². The number of pyridine rings is 2. The Balaban J connectivity index is 1.69. The van der Waals surface area contributed by atoms with Crippen molar-refractivity contribution in [2.24, 2.45) is 7.05 Å². The summed E-state index contributed by atoms with van der Waals surface area (Å²) in [7, 11) is 1.88. The highest BCUT2D eigenvalue weighted by atomic mass is 15.3. The lowest BCUT2D eigenvalue weighted by Gasteiger charge is -2.01. The van der Waals surface area contributed by atoms with Gasteiger partial charge in [0.1, 0.15) is 5.82 Å². The second-order valence-corrected chi connectivity index (χ2v) is 5.10. The van der Waals surface area contributed by atoms with Crippen molar-refractivity contribution in [1.29, 1.82) is 0 Å². The number of nitrogens with one attached hydrogen (secondary N) is 2. The summed E-state index contributed by atoms with van der Waals surface area (Å²) in [6.07, 6.45) is 9.10. The first-order valence-corrected chi connectivity index (χ1v) is 6.93. The molecule has 4 heterocycles. The predicted octanol–water partition coefficient (Wildman–Crippen LogP) is 3.10. The molecule has 0 unspecified atom stereocenters. The monoisotopic (exact) mass is 290 g/mol. The molecule has 6 nitrogen and oxygen atoms in total. The van der Waals surface area contributed by atoms with Gasteiger partial charge in [0.2, 0.25) is 0 Å². The molecule has 108 valence electrons. The number of H-pyrrole nitrogens is 1. The van der Waals surface area contributed by atoms with Crippen LogP contribution in [-0.4, -0.2) is 24.7 Å². The summed E-state index contributed by atoms with van der Waals surface area (Å²) in [5, 5.41) is 8.45. The molecular formula is C16H14N6. The molecule has 0 saturated heterocycles. The molecule has 0 radical (unpaired) electrons. The second-order valence-electron chi connectivity index (χ2n) is 5.10. The number of aromatic amines is 1. The number of fused-ring (bicyclic) bond motifs is 1. The van der Waals surface area contributed by atoms with E-state index in [2.05, 4.69) is 31.4 Å². The van der Waals surface area contributed by atoms with Crippen LogP contribution in [0.5, 0.6) is 0 Å². The molecule has 0 bridgehead atoms. The molecule has 0 aliphatic heterocycles. The van der Waals surface area contributed by atoms with Gasteiger partial charge >= 0.3 is 0 Å². The molecule has 4 aromatic rings. The smallest absolute Gasteiger partial charge is 0.132 e. The van der Waals surface area contributed by atoms with Crippen molar-refractivity contribution in [3.05, 3.63) is 55.2 Å². The summed E-state index contributed by atoms with van der Waals surface area (Å²) in [5.41, 5.74) is 4.11. The molecular weight excluding hydrogens is 276 g/mol. The second kappa shape index (κ2) is 5.00. The van der Waals surface area contributed by atoms with E-state index in [1.807, 2.05) is 37.6 Å². The van der Waals surface area contributed by atoms with Gasteiger partial charge in [-0.2, -0.15) is 5.10 Å². The number of aryl methyl sites for hydroxylation is 1. The third-order valence-corrected chi connectivity index (χ3v) is 3.47. The van der Waals surface area contributed by atoms with E-state index in [1.54, 1.807) is 23.3 Å². The highest BCUT2D eigenvalue weighted by Crippen LogP contribution is 2.25. The summed E-state index contributed by atoms with van der Waals surface area (Å²) in [5.74, 6) is 0.781. The number of nitrogens with zero attached hydrogens (tertiary/aromatic N) is 4. The van der Waals surface area contributed by atoms with Gasteiger partial charge in [0.05, 0.1) is 17.4 Å². The van der Waals surface area contributed by atoms with Gasteiger partial charge in [-0.05, 0) is 18.2 Å². The zero-order valence-corrected chi connectivity index (χ0v) is 12.0. The average Bonchev–Trinajstić information content (AvgIpc) is 3.14. The summed E-state index contributed by atoms with van der Waals surface area (Å²) < 4.78 is 1.75. The van der Waals surface area contributed by atoms with Crippen molar-refractivity contribution < 1.29 is 0 Å². The van der Waals surface area contributed by atoms with E-state index in [0.717, 1.165) is 33.7 Å². The van der Waals surface area contributed by atoms with Crippen LogP contribution in [0.1, 0.15) is 0 Å². The van der Waals surface area contributed by atoms with Crippen molar-refractivity contribution in [2.45, 2.75) is 0 Å². The van der Waals surface area contributed by atoms with Gasteiger partial charge in [-0.25, -0.2) is 4.98 Å². The molecule has 6 heteroatoms. The van der Waals surface area contributed by atoms with E-state index in [-0.39, 0.29) is 0 Å². The molecule has 0 aliphatic rings. The molecule has 4 aromatic heterocycles. The quantitative estimate of drug-likeness (QED) is 0.608. The first-order valence-electron chi connectivity index (χ1n) is 6.93. The number of aromatic nitrogens is 5. The van der Waals surface area contributed by atoms with E-state index in [9.17, 15) is 0 Å². The van der Waals surface area contributed by atoms with Gasteiger partial charge in [-0.15, -0.1) is 0 Å². The predicted molar refractivity (Wildman–Crippen MR) is 85.8 cm³/mol. The number of hydrogen-bond donors (Lipinski definition) is 2. The topological polar surface area (TPSA) is 71.4 Å². The molecule has 0 spiro atoms. The molecule has 0 fully saturated rings. The maximum Gasteiger partial charge on any atom is 0.132 e. The van der Waals surface area contributed by atoms with Crippen LogP contribution in [0.2, 0.25) is 0 Å². The Morgan fingerprint density at radius 1 is 1.14 bits per heavy atom. The Kier molecular flexibility index (Phi) is 2.86. The lowest BCUT2D eigenvalue weighted by atomic mass is 10.2. The van der Waals surface area contributed by atoms with Crippen LogP contribution in [0.15, 0.2) is 55.2 Å². The van der Waals surface area contributed by atoms with E-state index < -0.39 is 0 Å². The molecule has 2 N–H and O–H groups in total. The van der Waals surface area contributed by atoms with Crippen LogP contribution < -0.4 is 5.32 Å². The largest absolute Gasteiger partial charge is 0.354 e. The number of rotatable bonds is 3. The first-order chi connectivity index (χ1) is 10.8. The Hall–Kier alpha value is -3.15. The van der Waals surface area contributed by atoms with Crippen LogP contribution in [0.3, 0.4) is 0 Å². The van der Waals surface area contributed by atoms with Crippen molar-refractivity contribution in [3.8, 4) is 11.3 Å². The standard InChI is InChI=1S/C16H14N6/c1-22-10-13(9-19-22)20-16-7-15-12(8-18-16)6-14(21-15)11-2-4-17-5-3-11/h2-10,21H,1H3,(H,18,20). The molecule has 22 heavy (non-hydrogen) atoms. The summed E-state index contributed by atoms with van der Waals surface area (Å²) >= 11 is 0. The fraction of sp³-hybridized carbons (Fsp3) is 0.0625. The van der Waals surface area contributed by atoms with Crippen molar-refractivity contribution in [3.63, 3.8) is 0 Å². The lowest BCUT2D eigenvalue weighted by Crippen LogP contribution is -1.91. The fourth-order valence-corrected chi connectivity index (χ4v) is 2.41. The van der Waals surface area contributed by atoms with Gasteiger partial charge in [0, 0.05) is 54.5 Å². The SMILES string of the molecule is Cn1cc(Nc2cc3[nH]c(-c4ccncc4)cc3cn2)cn1. The zero-order chi connectivity index (χ0) is 14.9. The molecule has 4 rings (SSSR count). The van der Waals surface area contributed by atoms with Gasteiger partial charge in [-0.3, -0.25) is 9.67 Å². The number of hydrogen-bond acceptors (Lipinski definition) is 4. The normalized spacial score (nSPS) is 11.0. The molecule has 0 aromatic carbocycles. The van der Waals surface area contributed by atoms with Crippen LogP contribution in [0.25, 0.3) is 22.2 Å². The van der Waals surface area contributed by atoms with Crippen LogP contribution in [0.4, 0.5) is 11.5 Å². The molecule has 0 aliphatic carbocycles.